The summed E-state index contributed by atoms with van der Waals surface area (Å²) in [5.74, 6) is 1.63. The first-order chi connectivity index (χ1) is 15.1. The lowest BCUT2D eigenvalue weighted by Crippen LogP contribution is -2.51. The second kappa shape index (κ2) is 8.15. The van der Waals surface area contributed by atoms with Crippen molar-refractivity contribution in [3.05, 3.63) is 71.8 Å². The Morgan fingerprint density at radius 3 is 2.55 bits per heavy atom. The van der Waals surface area contributed by atoms with Crippen LogP contribution in [0.1, 0.15) is 42.6 Å². The minimum atomic E-state index is -0.539. The van der Waals surface area contributed by atoms with Gasteiger partial charge in [0.1, 0.15) is 17.1 Å². The van der Waals surface area contributed by atoms with Crippen LogP contribution < -0.4 is 9.47 Å². The highest BCUT2D eigenvalue weighted by Gasteiger charge is 2.43. The number of hydrogen-bond donors (Lipinski definition) is 2. The maximum absolute atomic E-state index is 10.9. The molecule has 2 N–H and O–H groups in total. The fourth-order valence-corrected chi connectivity index (χ4v) is 4.98. The Hall–Kier alpha value is -2.60. The molecule has 0 saturated carbocycles. The highest BCUT2D eigenvalue weighted by Crippen LogP contribution is 2.47. The average molecular weight is 420 g/mol. The smallest absolute Gasteiger partial charge is 0.133 e. The van der Waals surface area contributed by atoms with Crippen LogP contribution in [-0.4, -0.2) is 47.5 Å². The Labute approximate surface area is 182 Å². The van der Waals surface area contributed by atoms with Crippen molar-refractivity contribution in [1.29, 1.82) is 0 Å². The Bertz CT molecular complexity index is 1060. The van der Waals surface area contributed by atoms with E-state index in [4.69, 9.17) is 9.47 Å². The van der Waals surface area contributed by atoms with Crippen LogP contribution in [0, 0.1) is 0 Å². The molecule has 5 rings (SSSR count). The summed E-state index contributed by atoms with van der Waals surface area (Å²) in [6, 6.07) is 19.8. The molecule has 0 radical (unpaired) electrons. The zero-order valence-corrected chi connectivity index (χ0v) is 17.8. The number of rotatable bonds is 4. The fourth-order valence-electron chi connectivity index (χ4n) is 4.98. The van der Waals surface area contributed by atoms with Gasteiger partial charge < -0.3 is 24.6 Å². The summed E-state index contributed by atoms with van der Waals surface area (Å²) < 4.78 is 11.8. The topological polar surface area (TPSA) is 62.2 Å². The number of likely N-dealkylation sites (tertiary alicyclic amines) is 1. The van der Waals surface area contributed by atoms with E-state index in [0.29, 0.717) is 13.0 Å². The minimum Gasteiger partial charge on any atom is -0.497 e. The van der Waals surface area contributed by atoms with Gasteiger partial charge in [0.2, 0.25) is 0 Å². The van der Waals surface area contributed by atoms with E-state index in [1.165, 1.54) is 0 Å². The molecule has 0 amide bonds. The number of fused-ring (bicyclic) bond motifs is 3. The van der Waals surface area contributed by atoms with Gasteiger partial charge in [-0.05, 0) is 35.9 Å². The molecular formula is C26H29NO4. The highest BCUT2D eigenvalue weighted by molar-refractivity contribution is 5.90. The zero-order chi connectivity index (χ0) is 21.4. The standard InChI is InChI=1S/C26H29NO4/c1-30-20-9-6-19(7-10-20)24(29)17-27-14-12-26(13-15-27)16-23(28)22-11-8-18-4-2-3-5-21(18)25(22)31-26/h2-11,23-24,28-29H,12-17H2,1H3. The van der Waals surface area contributed by atoms with Crippen LogP contribution >= 0.6 is 0 Å². The van der Waals surface area contributed by atoms with Crippen LogP contribution in [0.2, 0.25) is 0 Å². The van der Waals surface area contributed by atoms with E-state index < -0.39 is 12.2 Å². The summed E-state index contributed by atoms with van der Waals surface area (Å²) in [6.07, 6.45) is 1.24. The number of methoxy groups -OCH3 is 1. The van der Waals surface area contributed by atoms with Crippen LogP contribution in [-0.2, 0) is 0 Å². The van der Waals surface area contributed by atoms with Crippen LogP contribution in [0.25, 0.3) is 10.8 Å². The van der Waals surface area contributed by atoms with Gasteiger partial charge in [-0.15, -0.1) is 0 Å². The number of ether oxygens (including phenoxy) is 2. The summed E-state index contributed by atoms with van der Waals surface area (Å²) >= 11 is 0. The van der Waals surface area contributed by atoms with E-state index in [1.807, 2.05) is 42.5 Å². The van der Waals surface area contributed by atoms with Crippen LogP contribution in [0.4, 0.5) is 0 Å². The molecule has 2 heterocycles. The first-order valence-electron chi connectivity index (χ1n) is 11.0. The molecule has 3 aromatic rings. The molecule has 5 nitrogen and oxygen atoms in total. The molecule has 0 aromatic heterocycles. The molecule has 1 fully saturated rings. The number of benzene rings is 3. The number of β-amino-alcohol motifs (C(OH)–C–C–N with tert-alkyl or cyclic N) is 1. The maximum atomic E-state index is 10.9. The zero-order valence-electron chi connectivity index (χ0n) is 17.8. The molecule has 0 aliphatic carbocycles. The van der Waals surface area contributed by atoms with Crippen molar-refractivity contribution in [1.82, 2.24) is 4.90 Å². The van der Waals surface area contributed by atoms with E-state index in [9.17, 15) is 10.2 Å². The summed E-state index contributed by atoms with van der Waals surface area (Å²) in [5.41, 5.74) is 1.44. The van der Waals surface area contributed by atoms with Gasteiger partial charge in [-0.2, -0.15) is 0 Å². The minimum absolute atomic E-state index is 0.349. The predicted molar refractivity (Wildman–Crippen MR) is 121 cm³/mol. The van der Waals surface area contributed by atoms with Crippen molar-refractivity contribution in [3.8, 4) is 11.5 Å². The molecule has 2 aliphatic heterocycles. The number of nitrogens with zero attached hydrogens (tertiary/aromatic N) is 1. The van der Waals surface area contributed by atoms with E-state index >= 15 is 0 Å². The van der Waals surface area contributed by atoms with Gasteiger partial charge in [0.15, 0.2) is 0 Å². The summed E-state index contributed by atoms with van der Waals surface area (Å²) in [6.45, 7) is 2.25. The summed E-state index contributed by atoms with van der Waals surface area (Å²) in [4.78, 5) is 2.29. The average Bonchev–Trinajstić information content (AvgIpc) is 2.80. The van der Waals surface area contributed by atoms with Crippen molar-refractivity contribution in [2.24, 2.45) is 0 Å². The Morgan fingerprint density at radius 2 is 1.81 bits per heavy atom. The molecule has 2 atom stereocenters. The number of hydrogen-bond acceptors (Lipinski definition) is 5. The van der Waals surface area contributed by atoms with Crippen molar-refractivity contribution in [2.45, 2.75) is 37.1 Å². The number of aliphatic hydroxyl groups is 2. The largest absolute Gasteiger partial charge is 0.497 e. The molecule has 1 spiro atoms. The van der Waals surface area contributed by atoms with Crippen molar-refractivity contribution < 1.29 is 19.7 Å². The first-order valence-corrected chi connectivity index (χ1v) is 11.0. The Kier molecular flexibility index (Phi) is 5.34. The summed E-state index contributed by atoms with van der Waals surface area (Å²) in [5, 5.41) is 23.8. The van der Waals surface area contributed by atoms with Crippen molar-refractivity contribution in [3.63, 3.8) is 0 Å². The Balaban J connectivity index is 1.28. The van der Waals surface area contributed by atoms with E-state index in [-0.39, 0.29) is 5.60 Å². The van der Waals surface area contributed by atoms with Gasteiger partial charge >= 0.3 is 0 Å². The van der Waals surface area contributed by atoms with Gasteiger partial charge in [0.05, 0.1) is 19.3 Å². The van der Waals surface area contributed by atoms with E-state index in [1.54, 1.807) is 7.11 Å². The fraction of sp³-hybridized carbons (Fsp3) is 0.385. The lowest BCUT2D eigenvalue weighted by atomic mass is 9.81. The number of piperidine rings is 1. The maximum Gasteiger partial charge on any atom is 0.133 e. The monoisotopic (exact) mass is 419 g/mol. The van der Waals surface area contributed by atoms with Gasteiger partial charge in [-0.3, -0.25) is 0 Å². The molecule has 31 heavy (non-hydrogen) atoms. The third-order valence-corrected chi connectivity index (χ3v) is 6.85. The van der Waals surface area contributed by atoms with Gasteiger partial charge in [0.25, 0.3) is 0 Å². The normalized spacial score (nSPS) is 21.5. The molecule has 2 aliphatic rings. The second-order valence-corrected chi connectivity index (χ2v) is 8.80. The molecular weight excluding hydrogens is 390 g/mol. The quantitative estimate of drug-likeness (QED) is 0.663. The molecule has 0 bridgehead atoms. The number of aliphatic hydroxyl groups excluding tert-OH is 2. The lowest BCUT2D eigenvalue weighted by Gasteiger charge is -2.46. The van der Waals surface area contributed by atoms with Crippen LogP contribution in [0.5, 0.6) is 11.5 Å². The molecule has 162 valence electrons. The summed E-state index contributed by atoms with van der Waals surface area (Å²) in [7, 11) is 1.64. The van der Waals surface area contributed by atoms with E-state index in [0.717, 1.165) is 59.3 Å². The van der Waals surface area contributed by atoms with Gasteiger partial charge in [0, 0.05) is 37.0 Å². The van der Waals surface area contributed by atoms with Crippen molar-refractivity contribution in [2.75, 3.05) is 26.7 Å². The predicted octanol–water partition coefficient (Wildman–Crippen LogP) is 4.23. The van der Waals surface area contributed by atoms with Crippen molar-refractivity contribution >= 4 is 10.8 Å². The van der Waals surface area contributed by atoms with Crippen LogP contribution in [0.15, 0.2) is 60.7 Å². The SMILES string of the molecule is COc1ccc(C(O)CN2CCC3(CC2)CC(O)c2ccc4ccccc4c2O3)cc1. The molecule has 2 unspecified atom stereocenters. The molecule has 3 aromatic carbocycles. The van der Waals surface area contributed by atoms with Gasteiger partial charge in [-0.1, -0.05) is 48.5 Å². The first kappa shape index (κ1) is 20.3. The Morgan fingerprint density at radius 1 is 1.06 bits per heavy atom. The third-order valence-electron chi connectivity index (χ3n) is 6.85. The second-order valence-electron chi connectivity index (χ2n) is 8.80. The molecule has 1 saturated heterocycles. The highest BCUT2D eigenvalue weighted by atomic mass is 16.5. The van der Waals surface area contributed by atoms with E-state index in [2.05, 4.69) is 23.1 Å². The van der Waals surface area contributed by atoms with Gasteiger partial charge in [-0.25, -0.2) is 0 Å². The lowest BCUT2D eigenvalue weighted by molar-refractivity contribution is -0.0577. The van der Waals surface area contributed by atoms with Crippen LogP contribution in [0.3, 0.4) is 0 Å². The third kappa shape index (κ3) is 3.89. The molecule has 5 heteroatoms.